The molecule has 1 aromatic rings. The number of rotatable bonds is 15. The van der Waals surface area contributed by atoms with Crippen LogP contribution in [0.15, 0.2) is 29.2 Å². The van der Waals surface area contributed by atoms with Gasteiger partial charge in [0.1, 0.15) is 0 Å². The zero-order valence-electron chi connectivity index (χ0n) is 15.9. The summed E-state index contributed by atoms with van der Waals surface area (Å²) in [4.78, 5) is 1.38. The van der Waals surface area contributed by atoms with Gasteiger partial charge < -0.3 is 9.47 Å². The highest BCUT2D eigenvalue weighted by atomic mass is 32.2. The van der Waals surface area contributed by atoms with Gasteiger partial charge in [0.25, 0.3) is 0 Å². The van der Waals surface area contributed by atoms with Crippen LogP contribution in [0.5, 0.6) is 0 Å². The summed E-state index contributed by atoms with van der Waals surface area (Å²) in [5, 5.41) is 0. The standard InChI is InChI=1S/C21H36O2S/c1-4-20-9-11-21(12-10-20)24-18-8-7-16-22-14-5-6-15-23-17-13-19(2)3/h9-12,19H,4-8,13-18H2,1-3H3. The van der Waals surface area contributed by atoms with Crippen LogP contribution >= 0.6 is 11.8 Å². The van der Waals surface area contributed by atoms with Crippen molar-refractivity contribution in [3.05, 3.63) is 29.8 Å². The van der Waals surface area contributed by atoms with E-state index >= 15 is 0 Å². The molecule has 0 saturated heterocycles. The highest BCUT2D eigenvalue weighted by Crippen LogP contribution is 2.19. The molecule has 0 saturated carbocycles. The maximum atomic E-state index is 5.70. The lowest BCUT2D eigenvalue weighted by Gasteiger charge is -2.07. The molecule has 1 rings (SSSR count). The van der Waals surface area contributed by atoms with E-state index in [4.69, 9.17) is 9.47 Å². The van der Waals surface area contributed by atoms with Crippen molar-refractivity contribution in [3.8, 4) is 0 Å². The van der Waals surface area contributed by atoms with Crippen molar-refractivity contribution in [3.63, 3.8) is 0 Å². The number of aryl methyl sites for hydroxylation is 1. The third-order valence-electron chi connectivity index (χ3n) is 3.95. The summed E-state index contributed by atoms with van der Waals surface area (Å²) in [7, 11) is 0. The highest BCUT2D eigenvalue weighted by molar-refractivity contribution is 7.99. The Labute approximate surface area is 153 Å². The van der Waals surface area contributed by atoms with Crippen LogP contribution in [-0.2, 0) is 15.9 Å². The smallest absolute Gasteiger partial charge is 0.0468 e. The average molecular weight is 353 g/mol. The van der Waals surface area contributed by atoms with E-state index in [0.717, 1.165) is 64.4 Å². The molecule has 0 N–H and O–H groups in total. The third kappa shape index (κ3) is 11.9. The maximum Gasteiger partial charge on any atom is 0.0468 e. The van der Waals surface area contributed by atoms with Gasteiger partial charge in [-0.2, -0.15) is 0 Å². The predicted octanol–water partition coefficient (Wildman–Crippen LogP) is 5.98. The van der Waals surface area contributed by atoms with Gasteiger partial charge in [-0.05, 0) is 67.9 Å². The Hall–Kier alpha value is -0.510. The Bertz CT molecular complexity index is 389. The van der Waals surface area contributed by atoms with Gasteiger partial charge in [-0.3, -0.25) is 0 Å². The van der Waals surface area contributed by atoms with E-state index in [1.54, 1.807) is 0 Å². The number of unbranched alkanes of at least 4 members (excludes halogenated alkanes) is 2. The summed E-state index contributed by atoms with van der Waals surface area (Å²) in [6, 6.07) is 8.95. The third-order valence-corrected chi connectivity index (χ3v) is 5.05. The normalized spacial score (nSPS) is 11.3. The van der Waals surface area contributed by atoms with Crippen molar-refractivity contribution in [1.82, 2.24) is 0 Å². The molecule has 0 unspecified atom stereocenters. The van der Waals surface area contributed by atoms with Crippen LogP contribution < -0.4 is 0 Å². The van der Waals surface area contributed by atoms with E-state index < -0.39 is 0 Å². The summed E-state index contributed by atoms with van der Waals surface area (Å²) in [6.07, 6.45) is 6.88. The average Bonchev–Trinajstić information content (AvgIpc) is 2.59. The maximum absolute atomic E-state index is 5.70. The summed E-state index contributed by atoms with van der Waals surface area (Å²) in [6.45, 7) is 10.2. The summed E-state index contributed by atoms with van der Waals surface area (Å²) in [5.74, 6) is 1.92. The Balaban J connectivity index is 1.82. The van der Waals surface area contributed by atoms with Crippen LogP contribution in [0.25, 0.3) is 0 Å². The molecule has 0 radical (unpaired) electrons. The molecule has 0 aliphatic carbocycles. The minimum atomic E-state index is 0.738. The lowest BCUT2D eigenvalue weighted by Crippen LogP contribution is -2.03. The lowest BCUT2D eigenvalue weighted by atomic mass is 10.1. The zero-order chi connectivity index (χ0) is 17.5. The topological polar surface area (TPSA) is 18.5 Å². The van der Waals surface area contributed by atoms with Crippen molar-refractivity contribution >= 4 is 11.8 Å². The second-order valence-corrected chi connectivity index (χ2v) is 7.84. The number of hydrogen-bond donors (Lipinski definition) is 0. The van der Waals surface area contributed by atoms with Crippen LogP contribution in [0.4, 0.5) is 0 Å². The minimum absolute atomic E-state index is 0.738. The van der Waals surface area contributed by atoms with Crippen molar-refractivity contribution in [1.29, 1.82) is 0 Å². The molecule has 0 amide bonds. The molecule has 0 aliphatic rings. The van der Waals surface area contributed by atoms with Gasteiger partial charge in [0.05, 0.1) is 0 Å². The largest absolute Gasteiger partial charge is 0.381 e. The van der Waals surface area contributed by atoms with Crippen LogP contribution in [0, 0.1) is 5.92 Å². The molecule has 2 nitrogen and oxygen atoms in total. The molecule has 0 atom stereocenters. The molecular formula is C21H36O2S. The van der Waals surface area contributed by atoms with Gasteiger partial charge in [0.15, 0.2) is 0 Å². The van der Waals surface area contributed by atoms with Crippen LogP contribution in [-0.4, -0.2) is 32.2 Å². The first-order valence-electron chi connectivity index (χ1n) is 9.59. The van der Waals surface area contributed by atoms with Gasteiger partial charge >= 0.3 is 0 Å². The number of benzene rings is 1. The Morgan fingerprint density at radius 1 is 0.833 bits per heavy atom. The molecule has 24 heavy (non-hydrogen) atoms. The quantitative estimate of drug-likeness (QED) is 0.286. The Morgan fingerprint density at radius 3 is 2.00 bits per heavy atom. The molecule has 0 aliphatic heterocycles. The molecule has 0 fully saturated rings. The number of hydrogen-bond acceptors (Lipinski definition) is 3. The van der Waals surface area contributed by atoms with Crippen molar-refractivity contribution < 1.29 is 9.47 Å². The van der Waals surface area contributed by atoms with Gasteiger partial charge in [0, 0.05) is 31.3 Å². The summed E-state index contributed by atoms with van der Waals surface area (Å²) >= 11 is 1.95. The first kappa shape index (κ1) is 21.5. The van der Waals surface area contributed by atoms with Crippen LogP contribution in [0.1, 0.15) is 58.4 Å². The molecule has 0 heterocycles. The van der Waals surface area contributed by atoms with E-state index in [-0.39, 0.29) is 0 Å². The highest BCUT2D eigenvalue weighted by Gasteiger charge is 1.97. The summed E-state index contributed by atoms with van der Waals surface area (Å²) in [5.41, 5.74) is 1.41. The molecule has 0 spiro atoms. The van der Waals surface area contributed by atoms with Crippen LogP contribution in [0.2, 0.25) is 0 Å². The molecule has 3 heteroatoms. The van der Waals surface area contributed by atoms with Crippen molar-refractivity contribution in [2.24, 2.45) is 5.92 Å². The van der Waals surface area contributed by atoms with Gasteiger partial charge in [0.2, 0.25) is 0 Å². The minimum Gasteiger partial charge on any atom is -0.381 e. The first-order valence-corrected chi connectivity index (χ1v) is 10.6. The number of thioether (sulfide) groups is 1. The van der Waals surface area contributed by atoms with Crippen molar-refractivity contribution in [2.75, 3.05) is 32.2 Å². The Kier molecular flexibility index (Phi) is 13.3. The summed E-state index contributed by atoms with van der Waals surface area (Å²) < 4.78 is 11.3. The Morgan fingerprint density at radius 2 is 1.42 bits per heavy atom. The monoisotopic (exact) mass is 352 g/mol. The molecule has 1 aromatic carbocycles. The lowest BCUT2D eigenvalue weighted by molar-refractivity contribution is 0.0969. The fourth-order valence-electron chi connectivity index (χ4n) is 2.25. The van der Waals surface area contributed by atoms with Crippen LogP contribution in [0.3, 0.4) is 0 Å². The SMILES string of the molecule is CCc1ccc(SCCCCOCCCCOCCC(C)C)cc1. The van der Waals surface area contributed by atoms with E-state index in [0.29, 0.717) is 0 Å². The van der Waals surface area contributed by atoms with E-state index in [2.05, 4.69) is 45.0 Å². The van der Waals surface area contributed by atoms with Gasteiger partial charge in [-0.25, -0.2) is 0 Å². The fraction of sp³-hybridized carbons (Fsp3) is 0.714. The second-order valence-electron chi connectivity index (χ2n) is 6.67. The zero-order valence-corrected chi connectivity index (χ0v) is 16.7. The van der Waals surface area contributed by atoms with Crippen molar-refractivity contribution in [2.45, 2.75) is 64.2 Å². The van der Waals surface area contributed by atoms with E-state index in [1.807, 2.05) is 11.8 Å². The second kappa shape index (κ2) is 14.8. The van der Waals surface area contributed by atoms with Gasteiger partial charge in [-0.15, -0.1) is 11.8 Å². The number of ether oxygens (including phenoxy) is 2. The molecule has 138 valence electrons. The predicted molar refractivity (Wildman–Crippen MR) is 106 cm³/mol. The fourth-order valence-corrected chi connectivity index (χ4v) is 3.16. The molecular weight excluding hydrogens is 316 g/mol. The molecule has 0 aromatic heterocycles. The van der Waals surface area contributed by atoms with E-state index in [9.17, 15) is 0 Å². The molecule has 0 bridgehead atoms. The van der Waals surface area contributed by atoms with E-state index in [1.165, 1.54) is 22.6 Å². The van der Waals surface area contributed by atoms with Gasteiger partial charge in [-0.1, -0.05) is 32.9 Å². The first-order chi connectivity index (χ1) is 11.7.